The van der Waals surface area contributed by atoms with E-state index in [-0.39, 0.29) is 5.56 Å². The van der Waals surface area contributed by atoms with E-state index < -0.39 is 0 Å². The summed E-state index contributed by atoms with van der Waals surface area (Å²) in [5, 5.41) is 16.2. The molecule has 8 nitrogen and oxygen atoms in total. The van der Waals surface area contributed by atoms with Crippen LogP contribution in [0.3, 0.4) is 0 Å². The topological polar surface area (TPSA) is 87.5 Å². The van der Waals surface area contributed by atoms with Gasteiger partial charge in [-0.15, -0.1) is 0 Å². The van der Waals surface area contributed by atoms with E-state index in [2.05, 4.69) is 44.4 Å². The monoisotopic (exact) mass is 431 g/mol. The fourth-order valence-electron chi connectivity index (χ4n) is 4.62. The Hall–Kier alpha value is -3.39. The molecule has 0 aliphatic carbocycles. The molecule has 0 radical (unpaired) electrons. The molecule has 0 amide bonds. The van der Waals surface area contributed by atoms with E-state index in [9.17, 15) is 4.79 Å². The zero-order valence-electron chi connectivity index (χ0n) is 18.9. The summed E-state index contributed by atoms with van der Waals surface area (Å²) in [5.74, 6) is 0. The van der Waals surface area contributed by atoms with Crippen LogP contribution in [-0.2, 0) is 20.6 Å². The highest BCUT2D eigenvalue weighted by atomic mass is 16.1. The molecule has 166 valence electrons. The van der Waals surface area contributed by atoms with Crippen molar-refractivity contribution < 1.29 is 0 Å². The maximum atomic E-state index is 12.4. The number of aromatic amines is 2. The Morgan fingerprint density at radius 3 is 2.69 bits per heavy atom. The summed E-state index contributed by atoms with van der Waals surface area (Å²) in [4.78, 5) is 14.9. The normalized spacial score (nSPS) is 15.3. The quantitative estimate of drug-likeness (QED) is 0.507. The number of nitrogens with one attached hydrogen (secondary N) is 2. The van der Waals surface area contributed by atoms with Gasteiger partial charge in [-0.05, 0) is 62.7 Å². The summed E-state index contributed by atoms with van der Waals surface area (Å²) in [7, 11) is 3.74. The van der Waals surface area contributed by atoms with Crippen molar-refractivity contribution in [2.24, 2.45) is 14.1 Å². The Morgan fingerprint density at radius 2 is 1.94 bits per heavy atom. The van der Waals surface area contributed by atoms with Crippen LogP contribution in [0.25, 0.3) is 34.2 Å². The second kappa shape index (κ2) is 8.27. The van der Waals surface area contributed by atoms with Gasteiger partial charge in [0.1, 0.15) is 0 Å². The first kappa shape index (κ1) is 20.5. The van der Waals surface area contributed by atoms with Crippen molar-refractivity contribution in [3.8, 4) is 11.1 Å². The maximum Gasteiger partial charge on any atom is 0.274 e. The number of fused-ring (bicyclic) bond motifs is 1. The lowest BCUT2D eigenvalue weighted by molar-refractivity contribution is 0.215. The molecule has 0 unspecified atom stereocenters. The van der Waals surface area contributed by atoms with Gasteiger partial charge in [0, 0.05) is 37.8 Å². The average molecular weight is 432 g/mol. The van der Waals surface area contributed by atoms with E-state index in [1.165, 1.54) is 29.6 Å². The molecule has 3 aromatic heterocycles. The minimum atomic E-state index is -0.0433. The van der Waals surface area contributed by atoms with Gasteiger partial charge < -0.3 is 5.10 Å². The van der Waals surface area contributed by atoms with Crippen molar-refractivity contribution in [3.63, 3.8) is 0 Å². The van der Waals surface area contributed by atoms with Gasteiger partial charge in [-0.25, -0.2) is 0 Å². The van der Waals surface area contributed by atoms with Crippen LogP contribution < -0.4 is 5.56 Å². The number of aromatic nitrogens is 6. The second-order valence-corrected chi connectivity index (χ2v) is 8.66. The van der Waals surface area contributed by atoms with Crippen LogP contribution in [0.15, 0.2) is 29.2 Å². The number of piperidine rings is 1. The Kier molecular flexibility index (Phi) is 5.30. The lowest BCUT2D eigenvalue weighted by atomic mass is 10.0. The van der Waals surface area contributed by atoms with Crippen molar-refractivity contribution in [2.45, 2.75) is 32.7 Å². The fraction of sp³-hybridized carbons (Fsp3) is 0.375. The molecule has 0 atom stereocenters. The summed E-state index contributed by atoms with van der Waals surface area (Å²) >= 11 is 0. The van der Waals surface area contributed by atoms with Crippen LogP contribution in [0.4, 0.5) is 0 Å². The van der Waals surface area contributed by atoms with Gasteiger partial charge in [0.2, 0.25) is 0 Å². The molecule has 0 bridgehead atoms. The highest BCUT2D eigenvalue weighted by Gasteiger charge is 2.17. The molecule has 8 heteroatoms. The molecule has 4 aromatic rings. The summed E-state index contributed by atoms with van der Waals surface area (Å²) in [6.45, 7) is 5.28. The van der Waals surface area contributed by atoms with Crippen LogP contribution in [-0.4, -0.2) is 47.7 Å². The van der Waals surface area contributed by atoms with Crippen molar-refractivity contribution in [2.75, 3.05) is 13.1 Å². The first-order valence-electron chi connectivity index (χ1n) is 11.2. The minimum absolute atomic E-state index is 0.0433. The molecule has 0 saturated carbocycles. The number of H-pyrrole nitrogens is 2. The summed E-state index contributed by atoms with van der Waals surface area (Å²) in [6.07, 6.45) is 9.82. The molecule has 5 rings (SSSR count). The van der Waals surface area contributed by atoms with Crippen LogP contribution in [0.5, 0.6) is 0 Å². The van der Waals surface area contributed by atoms with Gasteiger partial charge in [-0.3, -0.25) is 24.2 Å². The van der Waals surface area contributed by atoms with Crippen molar-refractivity contribution in [1.29, 1.82) is 0 Å². The van der Waals surface area contributed by atoms with Crippen molar-refractivity contribution in [3.05, 3.63) is 57.4 Å². The molecule has 1 saturated heterocycles. The SMILES string of the molecule is Cc1nn(C)c(CN2CCCCC2)c1/C=C/c1[nH]nc2ccc(-c3c[nH]n(C)c3=O)cc12. The highest BCUT2D eigenvalue weighted by molar-refractivity contribution is 5.92. The number of hydrogen-bond donors (Lipinski definition) is 2. The number of rotatable bonds is 5. The standard InChI is InChI=1S/C24H29N7O/c1-16-18(23(29(2)28-16)15-31-11-5-4-6-12-31)8-10-22-19-13-17(7-9-21(19)26-27-22)20-14-25-30(3)24(20)32/h7-10,13-14,25H,4-6,11-12,15H2,1-3H3,(H,26,27)/b10-8+. The van der Waals surface area contributed by atoms with Crippen LogP contribution in [0.2, 0.25) is 0 Å². The molecular formula is C24H29N7O. The van der Waals surface area contributed by atoms with E-state index in [0.29, 0.717) is 5.56 Å². The Balaban J connectivity index is 1.48. The molecule has 32 heavy (non-hydrogen) atoms. The molecular weight excluding hydrogens is 402 g/mol. The first-order chi connectivity index (χ1) is 15.5. The van der Waals surface area contributed by atoms with Gasteiger partial charge in [-0.1, -0.05) is 12.5 Å². The number of aryl methyl sites for hydroxylation is 3. The molecule has 1 aliphatic heterocycles. The number of benzene rings is 1. The summed E-state index contributed by atoms with van der Waals surface area (Å²) in [6, 6.07) is 5.90. The summed E-state index contributed by atoms with van der Waals surface area (Å²) < 4.78 is 3.49. The lowest BCUT2D eigenvalue weighted by Crippen LogP contribution is -2.30. The van der Waals surface area contributed by atoms with Crippen LogP contribution >= 0.6 is 0 Å². The van der Waals surface area contributed by atoms with Gasteiger partial charge in [0.15, 0.2) is 0 Å². The number of hydrogen-bond acceptors (Lipinski definition) is 4. The van der Waals surface area contributed by atoms with E-state index in [4.69, 9.17) is 0 Å². The zero-order chi connectivity index (χ0) is 22.2. The molecule has 2 N–H and O–H groups in total. The lowest BCUT2D eigenvalue weighted by Gasteiger charge is -2.26. The second-order valence-electron chi connectivity index (χ2n) is 8.66. The van der Waals surface area contributed by atoms with Crippen molar-refractivity contribution in [1.82, 2.24) is 34.7 Å². The van der Waals surface area contributed by atoms with Crippen LogP contribution in [0.1, 0.15) is 41.9 Å². The first-order valence-corrected chi connectivity index (χ1v) is 11.2. The van der Waals surface area contributed by atoms with Gasteiger partial charge in [-0.2, -0.15) is 10.2 Å². The third kappa shape index (κ3) is 3.71. The van der Waals surface area contributed by atoms with Gasteiger partial charge in [0.25, 0.3) is 5.56 Å². The molecule has 1 fully saturated rings. The van der Waals surface area contributed by atoms with Gasteiger partial charge in [0.05, 0.1) is 28.2 Å². The predicted molar refractivity (Wildman–Crippen MR) is 127 cm³/mol. The Labute approximate surface area is 186 Å². The van der Waals surface area contributed by atoms with E-state index in [1.807, 2.05) is 29.9 Å². The van der Waals surface area contributed by atoms with Crippen LogP contribution in [0, 0.1) is 6.92 Å². The van der Waals surface area contributed by atoms with E-state index in [0.717, 1.165) is 53.1 Å². The molecule has 1 aliphatic rings. The summed E-state index contributed by atoms with van der Waals surface area (Å²) in [5.41, 5.74) is 6.70. The van der Waals surface area contributed by atoms with E-state index >= 15 is 0 Å². The average Bonchev–Trinajstić information content (AvgIpc) is 3.43. The predicted octanol–water partition coefficient (Wildman–Crippen LogP) is 3.45. The zero-order valence-corrected chi connectivity index (χ0v) is 18.9. The third-order valence-corrected chi connectivity index (χ3v) is 6.46. The maximum absolute atomic E-state index is 12.4. The molecule has 1 aromatic carbocycles. The van der Waals surface area contributed by atoms with Crippen molar-refractivity contribution >= 4 is 23.1 Å². The highest BCUT2D eigenvalue weighted by Crippen LogP contribution is 2.26. The fourth-order valence-corrected chi connectivity index (χ4v) is 4.62. The molecule has 0 spiro atoms. The Morgan fingerprint density at radius 1 is 1.12 bits per heavy atom. The largest absolute Gasteiger partial charge is 0.303 e. The minimum Gasteiger partial charge on any atom is -0.303 e. The Bertz CT molecular complexity index is 1340. The number of nitrogens with zero attached hydrogens (tertiary/aromatic N) is 5. The van der Waals surface area contributed by atoms with Gasteiger partial charge >= 0.3 is 0 Å². The number of likely N-dealkylation sites (tertiary alicyclic amines) is 1. The third-order valence-electron chi connectivity index (χ3n) is 6.46. The van der Waals surface area contributed by atoms with E-state index in [1.54, 1.807) is 13.2 Å². The molecule has 4 heterocycles. The smallest absolute Gasteiger partial charge is 0.274 e.